The van der Waals surface area contributed by atoms with Crippen molar-refractivity contribution >= 4 is 22.8 Å². The summed E-state index contributed by atoms with van der Waals surface area (Å²) in [4.78, 5) is 25.3. The summed E-state index contributed by atoms with van der Waals surface area (Å²) in [6.07, 6.45) is 0.0211. The van der Waals surface area contributed by atoms with Crippen LogP contribution in [0.25, 0.3) is 11.0 Å². The molecule has 2 atom stereocenters. The molecular formula is C16H17NO5. The smallest absolute Gasteiger partial charge is 0.326 e. The van der Waals surface area contributed by atoms with Gasteiger partial charge in [0.25, 0.3) is 5.91 Å². The average Bonchev–Trinajstić information content (AvgIpc) is 3.11. The molecule has 0 radical (unpaired) electrons. The summed E-state index contributed by atoms with van der Waals surface area (Å²) in [5, 5.41) is 10.1. The summed E-state index contributed by atoms with van der Waals surface area (Å²) in [6, 6.07) is 6.42. The Balaban J connectivity index is 1.94. The van der Waals surface area contributed by atoms with Gasteiger partial charge in [-0.15, -0.1) is 0 Å². The monoisotopic (exact) mass is 303 g/mol. The van der Waals surface area contributed by atoms with Crippen LogP contribution < -0.4 is 0 Å². The zero-order valence-corrected chi connectivity index (χ0v) is 12.4. The normalized spacial score (nSPS) is 21.5. The van der Waals surface area contributed by atoms with E-state index in [1.54, 1.807) is 6.07 Å². The van der Waals surface area contributed by atoms with Crippen LogP contribution in [-0.4, -0.2) is 47.7 Å². The van der Waals surface area contributed by atoms with Crippen LogP contribution in [0.4, 0.5) is 0 Å². The third kappa shape index (κ3) is 2.35. The first kappa shape index (κ1) is 14.6. The van der Waals surface area contributed by atoms with Crippen LogP contribution in [-0.2, 0) is 9.53 Å². The van der Waals surface area contributed by atoms with Gasteiger partial charge in [-0.05, 0) is 18.6 Å². The Bertz CT molecular complexity index is 735. The van der Waals surface area contributed by atoms with Gasteiger partial charge in [0.05, 0.1) is 6.10 Å². The van der Waals surface area contributed by atoms with E-state index in [-0.39, 0.29) is 24.8 Å². The van der Waals surface area contributed by atoms with E-state index in [4.69, 9.17) is 9.15 Å². The van der Waals surface area contributed by atoms with Crippen molar-refractivity contribution < 1.29 is 23.8 Å². The fourth-order valence-corrected chi connectivity index (χ4v) is 2.88. The minimum atomic E-state index is -1.03. The number of benzene rings is 1. The molecule has 1 aromatic heterocycles. The highest BCUT2D eigenvalue weighted by Gasteiger charge is 2.41. The quantitative estimate of drug-likeness (QED) is 0.938. The summed E-state index contributed by atoms with van der Waals surface area (Å²) in [6.45, 7) is 2.15. The van der Waals surface area contributed by atoms with Crippen molar-refractivity contribution in [3.63, 3.8) is 0 Å². The molecule has 0 aliphatic carbocycles. The predicted molar refractivity (Wildman–Crippen MR) is 78.8 cm³/mol. The minimum Gasteiger partial charge on any atom is -0.480 e. The van der Waals surface area contributed by atoms with Gasteiger partial charge in [-0.1, -0.05) is 18.2 Å². The van der Waals surface area contributed by atoms with E-state index in [0.717, 1.165) is 10.9 Å². The van der Waals surface area contributed by atoms with Crippen molar-refractivity contribution in [2.75, 3.05) is 13.7 Å². The van der Waals surface area contributed by atoms with E-state index in [0.29, 0.717) is 5.58 Å². The van der Waals surface area contributed by atoms with Crippen LogP contribution in [0.15, 0.2) is 28.7 Å². The van der Waals surface area contributed by atoms with Crippen molar-refractivity contribution in [1.29, 1.82) is 0 Å². The second kappa shape index (κ2) is 5.46. The maximum Gasteiger partial charge on any atom is 0.326 e. The van der Waals surface area contributed by atoms with Crippen molar-refractivity contribution in [2.24, 2.45) is 0 Å². The Hall–Kier alpha value is -2.34. The van der Waals surface area contributed by atoms with E-state index in [1.165, 1.54) is 12.0 Å². The summed E-state index contributed by atoms with van der Waals surface area (Å²) < 4.78 is 10.8. The Kier molecular flexibility index (Phi) is 3.62. The number of aryl methyl sites for hydroxylation is 1. The maximum absolute atomic E-state index is 12.6. The number of hydrogen-bond donors (Lipinski definition) is 1. The van der Waals surface area contributed by atoms with E-state index in [9.17, 15) is 14.7 Å². The molecule has 1 amide bonds. The molecule has 3 rings (SSSR count). The van der Waals surface area contributed by atoms with Gasteiger partial charge in [0.1, 0.15) is 11.6 Å². The fraction of sp³-hybridized carbons (Fsp3) is 0.375. The molecule has 116 valence electrons. The van der Waals surface area contributed by atoms with Gasteiger partial charge in [0.15, 0.2) is 5.76 Å². The number of carbonyl (C=O) groups excluding carboxylic acids is 1. The van der Waals surface area contributed by atoms with E-state index in [2.05, 4.69) is 0 Å². The van der Waals surface area contributed by atoms with E-state index >= 15 is 0 Å². The lowest BCUT2D eigenvalue weighted by Crippen LogP contribution is -2.40. The van der Waals surface area contributed by atoms with Crippen LogP contribution in [0, 0.1) is 6.92 Å². The summed E-state index contributed by atoms with van der Waals surface area (Å²) in [5.74, 6) is -1.28. The van der Waals surface area contributed by atoms with Crippen LogP contribution in [0.3, 0.4) is 0 Å². The van der Waals surface area contributed by atoms with Crippen molar-refractivity contribution in [3.8, 4) is 0 Å². The lowest BCUT2D eigenvalue weighted by atomic mass is 10.2. The molecule has 1 fully saturated rings. The first-order valence-electron chi connectivity index (χ1n) is 7.07. The summed E-state index contributed by atoms with van der Waals surface area (Å²) >= 11 is 0. The van der Waals surface area contributed by atoms with Crippen LogP contribution in [0.2, 0.25) is 0 Å². The zero-order valence-electron chi connectivity index (χ0n) is 12.4. The Morgan fingerprint density at radius 1 is 1.41 bits per heavy atom. The first-order chi connectivity index (χ1) is 10.5. The van der Waals surface area contributed by atoms with Crippen LogP contribution in [0.5, 0.6) is 0 Å². The number of carboxylic acids is 1. The third-order valence-corrected chi connectivity index (χ3v) is 4.09. The van der Waals surface area contributed by atoms with Gasteiger partial charge < -0.3 is 19.2 Å². The molecule has 0 saturated carbocycles. The molecule has 6 heteroatoms. The van der Waals surface area contributed by atoms with Crippen molar-refractivity contribution in [1.82, 2.24) is 4.90 Å². The number of aliphatic carboxylic acids is 1. The number of ether oxygens (including phenoxy) is 1. The van der Waals surface area contributed by atoms with Gasteiger partial charge in [-0.3, -0.25) is 4.79 Å². The number of para-hydroxylation sites is 1. The topological polar surface area (TPSA) is 80.0 Å². The average molecular weight is 303 g/mol. The number of carbonyl (C=O) groups is 2. The SMILES string of the molecule is COC1CC(C(=O)O)N(C(=O)c2cc3cccc(C)c3o2)C1. The molecule has 1 aromatic carbocycles. The highest BCUT2D eigenvalue weighted by atomic mass is 16.5. The fourth-order valence-electron chi connectivity index (χ4n) is 2.88. The highest BCUT2D eigenvalue weighted by Crippen LogP contribution is 2.27. The number of methoxy groups -OCH3 is 1. The minimum absolute atomic E-state index is 0.160. The molecule has 1 aliphatic rings. The lowest BCUT2D eigenvalue weighted by molar-refractivity contribution is -0.141. The number of furan rings is 1. The predicted octanol–water partition coefficient (Wildman–Crippen LogP) is 2.06. The van der Waals surface area contributed by atoms with Crippen molar-refractivity contribution in [2.45, 2.75) is 25.5 Å². The van der Waals surface area contributed by atoms with Gasteiger partial charge in [0, 0.05) is 25.5 Å². The van der Waals surface area contributed by atoms with E-state index in [1.807, 2.05) is 25.1 Å². The second-order valence-electron chi connectivity index (χ2n) is 5.51. The van der Waals surface area contributed by atoms with Gasteiger partial charge in [0.2, 0.25) is 0 Å². The number of fused-ring (bicyclic) bond motifs is 1. The van der Waals surface area contributed by atoms with Gasteiger partial charge in [-0.25, -0.2) is 4.79 Å². The molecule has 2 unspecified atom stereocenters. The Morgan fingerprint density at radius 2 is 2.18 bits per heavy atom. The second-order valence-corrected chi connectivity index (χ2v) is 5.51. The summed E-state index contributed by atoms with van der Waals surface area (Å²) in [7, 11) is 1.52. The number of amides is 1. The molecule has 2 aromatic rings. The molecule has 1 saturated heterocycles. The molecule has 1 N–H and O–H groups in total. The van der Waals surface area contributed by atoms with Crippen LogP contribution >= 0.6 is 0 Å². The maximum atomic E-state index is 12.6. The molecule has 22 heavy (non-hydrogen) atoms. The number of hydrogen-bond acceptors (Lipinski definition) is 4. The van der Waals surface area contributed by atoms with Crippen LogP contribution in [0.1, 0.15) is 22.5 Å². The molecule has 1 aliphatic heterocycles. The largest absolute Gasteiger partial charge is 0.480 e. The highest BCUT2D eigenvalue weighted by molar-refractivity contribution is 5.98. The van der Waals surface area contributed by atoms with E-state index < -0.39 is 17.9 Å². The third-order valence-electron chi connectivity index (χ3n) is 4.09. The van der Waals surface area contributed by atoms with Gasteiger partial charge in [-0.2, -0.15) is 0 Å². The molecule has 0 spiro atoms. The zero-order chi connectivity index (χ0) is 15.9. The number of likely N-dealkylation sites (tertiary alicyclic amines) is 1. The lowest BCUT2D eigenvalue weighted by Gasteiger charge is -2.19. The summed E-state index contributed by atoms with van der Waals surface area (Å²) in [5.41, 5.74) is 1.59. The first-order valence-corrected chi connectivity index (χ1v) is 7.07. The van der Waals surface area contributed by atoms with Gasteiger partial charge >= 0.3 is 5.97 Å². The Morgan fingerprint density at radius 3 is 2.82 bits per heavy atom. The number of rotatable bonds is 3. The van der Waals surface area contributed by atoms with Crippen molar-refractivity contribution in [3.05, 3.63) is 35.6 Å². The number of nitrogens with zero attached hydrogens (tertiary/aromatic N) is 1. The molecular weight excluding hydrogens is 286 g/mol. The molecule has 2 heterocycles. The molecule has 6 nitrogen and oxygen atoms in total. The standard InChI is InChI=1S/C16H17NO5/c1-9-4-3-5-10-6-13(22-14(9)10)15(18)17-8-11(21-2)7-12(17)16(19)20/h3-6,11-12H,7-8H2,1-2H3,(H,19,20). The Labute approximate surface area is 127 Å². The molecule has 0 bridgehead atoms. The number of carboxylic acid groups (broad SMARTS) is 1.